The van der Waals surface area contributed by atoms with Crippen molar-refractivity contribution in [1.29, 1.82) is 0 Å². The molecule has 0 bridgehead atoms. The van der Waals surface area contributed by atoms with Crippen LogP contribution < -0.4 is 33.1 Å². The number of aryl methyl sites for hydroxylation is 3. The number of anilines is 2. The minimum atomic E-state index is -4.57. The molecule has 2 amide bonds. The zero-order valence-electron chi connectivity index (χ0n) is 38.8. The number of fused-ring (bicyclic) bond motifs is 2. The topological polar surface area (TPSA) is 262 Å². The second kappa shape index (κ2) is 23.0. The van der Waals surface area contributed by atoms with E-state index in [4.69, 9.17) is 11.6 Å². The predicted octanol–water partition coefficient (Wildman–Crippen LogP) is 5.71. The molecule has 0 unspecified atom stereocenters. The van der Waals surface area contributed by atoms with Crippen LogP contribution in [0.25, 0.3) is 32.3 Å². The van der Waals surface area contributed by atoms with Crippen LogP contribution in [0.4, 0.5) is 43.8 Å². The third kappa shape index (κ3) is 12.9. The fourth-order valence-electron chi connectivity index (χ4n) is 6.87. The number of hydrogen-bond donors (Lipinski definition) is 2. The monoisotopic (exact) mass is 1090 g/mol. The smallest absolute Gasteiger partial charge is 0.315 e. The predicted molar refractivity (Wildman–Crippen MR) is 263 cm³/mol. The van der Waals surface area contributed by atoms with Gasteiger partial charge in [-0.05, 0) is 39.8 Å². The largest absolute Gasteiger partial charge is 0.418 e. The molecule has 30 heteroatoms. The molecule has 7 aromatic heterocycles. The maximum absolute atomic E-state index is 13.2. The fourth-order valence-corrected chi connectivity index (χ4v) is 8.40. The van der Waals surface area contributed by atoms with E-state index in [-0.39, 0.29) is 82.5 Å². The Bertz CT molecular complexity index is 3610. The molecule has 0 saturated carbocycles. The quantitative estimate of drug-likeness (QED) is 0.116. The van der Waals surface area contributed by atoms with Crippen LogP contribution in [-0.2, 0) is 71.7 Å². The van der Waals surface area contributed by atoms with Crippen molar-refractivity contribution in [3.8, 4) is 21.1 Å². The molecule has 8 rings (SSSR count). The first-order valence-corrected chi connectivity index (χ1v) is 23.1. The Balaban J connectivity index is 0.000000225. The van der Waals surface area contributed by atoms with Crippen LogP contribution in [0.15, 0.2) is 65.8 Å². The van der Waals surface area contributed by atoms with Crippen LogP contribution in [-0.4, -0.2) is 83.2 Å². The highest BCUT2D eigenvalue weighted by molar-refractivity contribution is 7.13. The SMILES string of the molecule is C.CC(=O)Cn1c(=O)c2c(n(C)c1=O)N=CC2.CC(=O)Cn1c(=O)c2c(ncn2CC(=O)Nc2csc(-c3cnc(C)c(C(F)(F)F)c3)n2)n(C)c1=O.Cc1ncc(-c2nc(NC(=O)CCl)cs2)cc1C(F)(F)F. The van der Waals surface area contributed by atoms with E-state index in [0.29, 0.717) is 22.8 Å². The molecule has 21 nitrogen and oxygen atoms in total. The van der Waals surface area contributed by atoms with Gasteiger partial charge in [-0.3, -0.25) is 57.0 Å². The van der Waals surface area contributed by atoms with E-state index in [1.165, 1.54) is 73.4 Å². The average Bonchev–Trinajstić information content (AvgIpc) is 4.16. The van der Waals surface area contributed by atoms with Gasteiger partial charge in [-0.15, -0.1) is 34.3 Å². The molecular weight excluding hydrogens is 1050 g/mol. The van der Waals surface area contributed by atoms with Crippen LogP contribution in [0.5, 0.6) is 0 Å². The van der Waals surface area contributed by atoms with Crippen LogP contribution in [0.2, 0.25) is 0 Å². The maximum atomic E-state index is 13.2. The maximum Gasteiger partial charge on any atom is 0.418 e. The first-order valence-electron chi connectivity index (χ1n) is 20.8. The molecule has 0 saturated heterocycles. The van der Waals surface area contributed by atoms with E-state index in [1.54, 1.807) is 13.3 Å². The molecule has 8 heterocycles. The van der Waals surface area contributed by atoms with Crippen molar-refractivity contribution in [2.45, 2.75) is 73.5 Å². The summed E-state index contributed by atoms with van der Waals surface area (Å²) in [4.78, 5) is 119. The van der Waals surface area contributed by atoms with Gasteiger partial charge in [0.05, 0.1) is 36.1 Å². The van der Waals surface area contributed by atoms with Crippen LogP contribution in [0.3, 0.4) is 0 Å². The summed E-state index contributed by atoms with van der Waals surface area (Å²) in [7, 11) is 2.93. The Labute approximate surface area is 425 Å². The van der Waals surface area contributed by atoms with Gasteiger partial charge >= 0.3 is 23.7 Å². The Morgan fingerprint density at radius 3 is 1.65 bits per heavy atom. The number of aromatic nitrogens is 10. The zero-order valence-corrected chi connectivity index (χ0v) is 41.2. The molecule has 74 heavy (non-hydrogen) atoms. The van der Waals surface area contributed by atoms with E-state index in [0.717, 1.165) is 48.5 Å². The zero-order chi connectivity index (χ0) is 53.9. The molecule has 0 radical (unpaired) electrons. The number of rotatable bonds is 11. The number of hydrogen-bond acceptors (Lipinski definition) is 16. The summed E-state index contributed by atoms with van der Waals surface area (Å²) in [5.74, 6) is -1.15. The minimum Gasteiger partial charge on any atom is -0.315 e. The number of halogens is 7. The number of carbonyl (C=O) groups excluding carboxylic acids is 4. The van der Waals surface area contributed by atoms with E-state index < -0.39 is 70.1 Å². The third-order valence-corrected chi connectivity index (χ3v) is 12.3. The van der Waals surface area contributed by atoms with Gasteiger partial charge < -0.3 is 15.2 Å². The van der Waals surface area contributed by atoms with Crippen molar-refractivity contribution < 1.29 is 45.5 Å². The van der Waals surface area contributed by atoms with Crippen LogP contribution >= 0.6 is 34.3 Å². The van der Waals surface area contributed by atoms with E-state index in [9.17, 15) is 64.7 Å². The first-order chi connectivity index (χ1) is 34.2. The van der Waals surface area contributed by atoms with Crippen molar-refractivity contribution in [1.82, 2.24) is 47.8 Å². The molecule has 0 atom stereocenters. The third-order valence-electron chi connectivity index (χ3n) is 10.2. The molecule has 0 spiro atoms. The summed E-state index contributed by atoms with van der Waals surface area (Å²) < 4.78 is 83.4. The number of thiazole rings is 2. The number of nitrogens with one attached hydrogen (secondary N) is 2. The summed E-state index contributed by atoms with van der Waals surface area (Å²) >= 11 is 7.47. The Hall–Kier alpha value is -7.79. The molecule has 2 N–H and O–H groups in total. The normalized spacial score (nSPS) is 11.7. The second-order valence-electron chi connectivity index (χ2n) is 15.7. The number of nitrogens with zero attached hydrogens (tertiary/aromatic N) is 11. The summed E-state index contributed by atoms with van der Waals surface area (Å²) in [5, 5.41) is 8.47. The molecule has 0 aliphatic carbocycles. The lowest BCUT2D eigenvalue weighted by molar-refractivity contribution is -0.139. The van der Waals surface area contributed by atoms with Gasteiger partial charge in [0.1, 0.15) is 51.5 Å². The highest BCUT2D eigenvalue weighted by Crippen LogP contribution is 2.36. The highest BCUT2D eigenvalue weighted by Gasteiger charge is 2.35. The first kappa shape index (κ1) is 57.1. The Morgan fingerprint density at radius 2 is 1.18 bits per heavy atom. The number of amides is 2. The number of carbonyl (C=O) groups is 4. The number of ketones is 2. The Morgan fingerprint density at radius 1 is 0.703 bits per heavy atom. The van der Waals surface area contributed by atoms with Crippen molar-refractivity contribution in [2.24, 2.45) is 19.1 Å². The van der Waals surface area contributed by atoms with E-state index >= 15 is 0 Å². The van der Waals surface area contributed by atoms with Gasteiger partial charge in [0.2, 0.25) is 11.8 Å². The summed E-state index contributed by atoms with van der Waals surface area (Å²) in [6.45, 7) is 4.15. The van der Waals surface area contributed by atoms with Gasteiger partial charge in [-0.2, -0.15) is 26.3 Å². The highest BCUT2D eigenvalue weighted by atomic mass is 35.5. The van der Waals surface area contributed by atoms with Gasteiger partial charge in [0.15, 0.2) is 11.2 Å². The van der Waals surface area contributed by atoms with Gasteiger partial charge in [-0.25, -0.2) is 29.5 Å². The number of aliphatic imine (C=N–C) groups is 1. The molecule has 392 valence electrons. The number of Topliss-reactive ketones (excluding diaryl/α,β-unsaturated/α-hetero) is 2. The van der Waals surface area contributed by atoms with Crippen LogP contribution in [0, 0.1) is 13.8 Å². The lowest BCUT2D eigenvalue weighted by Gasteiger charge is -2.10. The van der Waals surface area contributed by atoms with E-state index in [2.05, 4.69) is 40.5 Å². The lowest BCUT2D eigenvalue weighted by Crippen LogP contribution is -2.41. The number of imidazole rings is 1. The molecule has 1 aliphatic rings. The second-order valence-corrected chi connectivity index (χ2v) is 17.7. The van der Waals surface area contributed by atoms with E-state index in [1.807, 2.05) is 0 Å². The molecule has 7 aromatic rings. The standard InChI is InChI=1S/C21H18F3N7O4S.C12H9ClF3N3OS.C10H11N3O3.CH4/c1-10(32)6-31-19(34)16-17(29(3)20(31)35)26-9-30(16)7-15(33)27-14-8-36-18(28-14)12-4-13(21(22,23)24)11(2)25-5-12;1-6-8(12(14,15)16)2-7(4-17-6)11-19-9(5-21-11)18-10(20)3-13;1-6(14)5-13-9(15)7-3-4-11-8(7)12(2)10(13)16;/h4-5,8-9H,6-7H2,1-3H3,(H,27,33);2,4-5H,3H2,1H3,(H,18,20);4H,3,5H2,1-2H3;1H4. The lowest BCUT2D eigenvalue weighted by atomic mass is 10.1. The number of alkyl halides is 7. The Kier molecular flexibility index (Phi) is 17.7. The van der Waals surface area contributed by atoms with Gasteiger partial charge in [0.25, 0.3) is 11.1 Å². The average molecular weight is 1090 g/mol. The fraction of sp³-hybridized carbons (Fsp3) is 0.318. The van der Waals surface area contributed by atoms with Crippen molar-refractivity contribution in [3.63, 3.8) is 0 Å². The molecule has 0 aromatic carbocycles. The van der Waals surface area contributed by atoms with Crippen molar-refractivity contribution >= 4 is 92.5 Å². The van der Waals surface area contributed by atoms with Crippen LogP contribution in [0.1, 0.15) is 49.4 Å². The van der Waals surface area contributed by atoms with Crippen molar-refractivity contribution in [2.75, 3.05) is 16.5 Å². The summed E-state index contributed by atoms with van der Waals surface area (Å²) in [5.41, 5.74) is -3.48. The summed E-state index contributed by atoms with van der Waals surface area (Å²) in [6, 6.07) is 1.94. The minimum absolute atomic E-state index is 0. The molecule has 1 aliphatic heterocycles. The van der Waals surface area contributed by atoms with Crippen molar-refractivity contribution in [3.05, 3.63) is 111 Å². The molecular formula is C44H42ClF6N13O8S2. The van der Waals surface area contributed by atoms with Gasteiger partial charge in [0, 0.05) is 72.4 Å². The van der Waals surface area contributed by atoms with Gasteiger partial charge in [-0.1, -0.05) is 7.43 Å². The summed E-state index contributed by atoms with van der Waals surface area (Å²) in [6.07, 6.45) is -3.24. The molecule has 0 fully saturated rings. The number of pyridine rings is 2.